The summed E-state index contributed by atoms with van der Waals surface area (Å²) in [5.41, 5.74) is -2.12. The predicted molar refractivity (Wildman–Crippen MR) is 59.1 cm³/mol. The summed E-state index contributed by atoms with van der Waals surface area (Å²) in [5.74, 6) is -0.124. The second kappa shape index (κ2) is 2.74. The maximum absolute atomic E-state index is 12.5. The van der Waals surface area contributed by atoms with Crippen LogP contribution in [-0.4, -0.2) is 6.36 Å². The van der Waals surface area contributed by atoms with Crippen molar-refractivity contribution in [2.24, 2.45) is 22.2 Å². The molecule has 2 nitrogen and oxygen atoms in total. The highest BCUT2D eigenvalue weighted by Crippen LogP contribution is 2.92. The summed E-state index contributed by atoms with van der Waals surface area (Å²) in [7, 11) is 0. The van der Waals surface area contributed by atoms with Crippen molar-refractivity contribution in [2.45, 2.75) is 19.2 Å². The van der Waals surface area contributed by atoms with Crippen LogP contribution >= 0.6 is 0 Å². The van der Waals surface area contributed by atoms with Crippen molar-refractivity contribution in [2.75, 3.05) is 0 Å². The molecule has 5 aliphatic rings. The normalized spacial score (nSPS) is 48.3. The SMILES string of the molecule is N#CC12C(OC(F)(F)F)=CC3CC14C=CC=CC42C3. The van der Waals surface area contributed by atoms with Crippen molar-refractivity contribution >= 4 is 0 Å². The Morgan fingerprint density at radius 3 is 2.26 bits per heavy atom. The van der Waals surface area contributed by atoms with Gasteiger partial charge in [0.15, 0.2) is 0 Å². The Labute approximate surface area is 107 Å². The van der Waals surface area contributed by atoms with Gasteiger partial charge in [-0.3, -0.25) is 0 Å². The molecule has 5 rings (SSSR count). The van der Waals surface area contributed by atoms with Gasteiger partial charge in [0, 0.05) is 10.8 Å². The van der Waals surface area contributed by atoms with Crippen LogP contribution in [0.4, 0.5) is 13.2 Å². The van der Waals surface area contributed by atoms with Crippen LogP contribution in [0.2, 0.25) is 0 Å². The van der Waals surface area contributed by atoms with Crippen LogP contribution < -0.4 is 0 Å². The number of hydrogen-bond donors (Lipinski definition) is 0. The number of allylic oxidation sites excluding steroid dienone is 6. The molecule has 0 saturated heterocycles. The molecular weight excluding hydrogens is 255 g/mol. The molecule has 5 aliphatic carbocycles. The molecule has 5 heteroatoms. The first-order valence-corrected chi connectivity index (χ1v) is 6.17. The van der Waals surface area contributed by atoms with Gasteiger partial charge in [-0.05, 0) is 24.8 Å². The van der Waals surface area contributed by atoms with Crippen LogP contribution in [0.25, 0.3) is 0 Å². The minimum Gasteiger partial charge on any atom is -0.409 e. The molecule has 0 heterocycles. The molecule has 0 amide bonds. The van der Waals surface area contributed by atoms with Crippen molar-refractivity contribution in [3.63, 3.8) is 0 Å². The summed E-state index contributed by atoms with van der Waals surface area (Å²) < 4.78 is 41.8. The standard InChI is InChI=1S/C14H10F3NO/c15-14(16,17)19-10-5-9-6-11-3-1-2-4-12(11,7-9)13(10,11)8-18/h1-5,9H,6-7H2. The fourth-order valence-electron chi connectivity index (χ4n) is 4.83. The highest BCUT2D eigenvalue weighted by atomic mass is 19.4. The van der Waals surface area contributed by atoms with Crippen LogP contribution in [0.5, 0.6) is 0 Å². The zero-order valence-electron chi connectivity index (χ0n) is 9.87. The van der Waals surface area contributed by atoms with Gasteiger partial charge in [0.1, 0.15) is 11.2 Å². The highest BCUT2D eigenvalue weighted by molar-refractivity contribution is 5.61. The van der Waals surface area contributed by atoms with E-state index in [9.17, 15) is 18.4 Å². The van der Waals surface area contributed by atoms with E-state index >= 15 is 0 Å². The van der Waals surface area contributed by atoms with Crippen molar-refractivity contribution in [1.29, 1.82) is 5.26 Å². The Bertz CT molecular complexity index is 581. The summed E-state index contributed by atoms with van der Waals surface area (Å²) in [6.45, 7) is 0. The number of nitriles is 1. The third-order valence-corrected chi connectivity index (χ3v) is 5.26. The topological polar surface area (TPSA) is 33.0 Å². The summed E-state index contributed by atoms with van der Waals surface area (Å²) in [5, 5.41) is 9.57. The van der Waals surface area contributed by atoms with E-state index in [1.54, 1.807) is 0 Å². The Balaban J connectivity index is 1.88. The molecule has 0 aliphatic heterocycles. The largest absolute Gasteiger partial charge is 0.572 e. The molecule has 2 spiro atoms. The predicted octanol–water partition coefficient (Wildman–Crippen LogP) is 3.45. The molecule has 19 heavy (non-hydrogen) atoms. The van der Waals surface area contributed by atoms with Crippen LogP contribution in [0, 0.1) is 33.5 Å². The number of alkyl halides is 3. The smallest absolute Gasteiger partial charge is 0.409 e. The van der Waals surface area contributed by atoms with Gasteiger partial charge < -0.3 is 4.74 Å². The minimum atomic E-state index is -4.74. The number of nitrogens with zero attached hydrogens (tertiary/aromatic N) is 1. The molecule has 0 aromatic carbocycles. The van der Waals surface area contributed by atoms with E-state index in [0.717, 1.165) is 12.8 Å². The Morgan fingerprint density at radius 2 is 1.79 bits per heavy atom. The Morgan fingerprint density at radius 1 is 1.21 bits per heavy atom. The van der Waals surface area contributed by atoms with E-state index in [2.05, 4.69) is 10.8 Å². The second-order valence-corrected chi connectivity index (χ2v) is 5.77. The lowest BCUT2D eigenvalue weighted by Gasteiger charge is -2.31. The van der Waals surface area contributed by atoms with E-state index in [0.29, 0.717) is 0 Å². The van der Waals surface area contributed by atoms with Gasteiger partial charge in [0.2, 0.25) is 0 Å². The van der Waals surface area contributed by atoms with Gasteiger partial charge in [-0.1, -0.05) is 24.3 Å². The lowest BCUT2D eigenvalue weighted by molar-refractivity contribution is -0.310. The maximum Gasteiger partial charge on any atom is 0.572 e. The fraction of sp³-hybridized carbons (Fsp3) is 0.500. The molecule has 2 fully saturated rings. The summed E-state index contributed by atoms with van der Waals surface area (Å²) in [6, 6.07) is 2.14. The molecule has 4 bridgehead atoms. The van der Waals surface area contributed by atoms with Crippen LogP contribution in [0.1, 0.15) is 12.8 Å². The lowest BCUT2D eigenvalue weighted by atomic mass is 9.75. The maximum atomic E-state index is 12.5. The summed E-state index contributed by atoms with van der Waals surface area (Å²) in [6.07, 6.45) is 5.72. The second-order valence-electron chi connectivity index (χ2n) is 5.77. The van der Waals surface area contributed by atoms with Crippen molar-refractivity contribution in [3.05, 3.63) is 36.1 Å². The van der Waals surface area contributed by atoms with E-state index in [1.807, 2.05) is 24.3 Å². The van der Waals surface area contributed by atoms with E-state index < -0.39 is 22.6 Å². The van der Waals surface area contributed by atoms with Crippen LogP contribution in [-0.2, 0) is 4.74 Å². The molecule has 0 radical (unpaired) electrons. The molecule has 0 aromatic rings. The number of ether oxygens (including phenoxy) is 1. The zero-order chi connectivity index (χ0) is 13.5. The number of halogens is 3. The lowest BCUT2D eigenvalue weighted by Crippen LogP contribution is -2.30. The third-order valence-electron chi connectivity index (χ3n) is 5.26. The molecular formula is C14H10F3NO. The minimum absolute atomic E-state index is 0.0694. The highest BCUT2D eigenvalue weighted by Gasteiger charge is 2.92. The zero-order valence-corrected chi connectivity index (χ0v) is 9.87. The summed E-state index contributed by atoms with van der Waals surface area (Å²) in [4.78, 5) is 0. The van der Waals surface area contributed by atoms with Gasteiger partial charge in [-0.25, -0.2) is 0 Å². The van der Waals surface area contributed by atoms with E-state index in [1.165, 1.54) is 6.08 Å². The van der Waals surface area contributed by atoms with Gasteiger partial charge in [-0.15, -0.1) is 13.2 Å². The molecule has 2 atom stereocenters. The van der Waals surface area contributed by atoms with Crippen molar-refractivity contribution in [3.8, 4) is 6.07 Å². The Kier molecular flexibility index (Phi) is 1.61. The quantitative estimate of drug-likeness (QED) is 0.727. The van der Waals surface area contributed by atoms with Crippen LogP contribution in [0.3, 0.4) is 0 Å². The van der Waals surface area contributed by atoms with Gasteiger partial charge in [0.25, 0.3) is 0 Å². The first-order chi connectivity index (χ1) is 8.91. The van der Waals surface area contributed by atoms with E-state index in [4.69, 9.17) is 0 Å². The summed E-state index contributed by atoms with van der Waals surface area (Å²) >= 11 is 0. The van der Waals surface area contributed by atoms with Crippen molar-refractivity contribution in [1.82, 2.24) is 0 Å². The number of hydrogen-bond acceptors (Lipinski definition) is 2. The molecule has 0 aromatic heterocycles. The van der Waals surface area contributed by atoms with E-state index in [-0.39, 0.29) is 11.7 Å². The average Bonchev–Trinajstić information content (AvgIpc) is 2.69. The van der Waals surface area contributed by atoms with Gasteiger partial charge in [-0.2, -0.15) is 5.26 Å². The number of rotatable bonds is 1. The van der Waals surface area contributed by atoms with Gasteiger partial charge in [0.05, 0.1) is 6.07 Å². The monoisotopic (exact) mass is 265 g/mol. The van der Waals surface area contributed by atoms with Gasteiger partial charge >= 0.3 is 6.36 Å². The van der Waals surface area contributed by atoms with Crippen LogP contribution in [0.15, 0.2) is 36.1 Å². The molecule has 0 N–H and O–H groups in total. The average molecular weight is 265 g/mol. The first kappa shape index (κ1) is 11.2. The molecule has 98 valence electrons. The fourth-order valence-corrected chi connectivity index (χ4v) is 4.83. The molecule has 2 saturated carbocycles. The molecule has 2 unspecified atom stereocenters. The van der Waals surface area contributed by atoms with Crippen molar-refractivity contribution < 1.29 is 17.9 Å². The third kappa shape index (κ3) is 0.917. The first-order valence-electron chi connectivity index (χ1n) is 6.17. The Hall–Kier alpha value is -1.70.